The first-order valence-corrected chi connectivity index (χ1v) is 10.8. The van der Waals surface area contributed by atoms with Gasteiger partial charge in [0.25, 0.3) is 0 Å². The van der Waals surface area contributed by atoms with Crippen LogP contribution in [0.4, 0.5) is 0 Å². The Morgan fingerprint density at radius 1 is 0.968 bits per heavy atom. The Labute approximate surface area is 183 Å². The summed E-state index contributed by atoms with van der Waals surface area (Å²) in [4.78, 5) is 17.1. The van der Waals surface area contributed by atoms with Gasteiger partial charge in [-0.2, -0.15) is 0 Å². The highest BCUT2D eigenvalue weighted by atomic mass is 16.6. The van der Waals surface area contributed by atoms with Gasteiger partial charge < -0.3 is 23.8 Å². The summed E-state index contributed by atoms with van der Waals surface area (Å²) in [5, 5.41) is 0. The average Bonchev–Trinajstić information content (AvgIpc) is 2.82. The normalized spacial score (nSPS) is 17.4. The Bertz CT molecular complexity index is 900. The minimum absolute atomic E-state index is 0.126. The summed E-state index contributed by atoms with van der Waals surface area (Å²) < 4.78 is 23.1. The van der Waals surface area contributed by atoms with Gasteiger partial charge in [0.15, 0.2) is 11.5 Å². The Kier molecular flexibility index (Phi) is 6.82. The number of para-hydroxylation sites is 1. The molecule has 0 radical (unpaired) electrons. The molecule has 1 amide bonds. The highest BCUT2D eigenvalue weighted by Crippen LogP contribution is 2.40. The van der Waals surface area contributed by atoms with Crippen molar-refractivity contribution < 1.29 is 23.7 Å². The van der Waals surface area contributed by atoms with Gasteiger partial charge in [-0.25, -0.2) is 0 Å². The molecule has 0 atom stereocenters. The second-order valence-electron chi connectivity index (χ2n) is 7.70. The Morgan fingerprint density at radius 2 is 1.77 bits per heavy atom. The fourth-order valence-electron chi connectivity index (χ4n) is 4.02. The van der Waals surface area contributed by atoms with E-state index in [-0.39, 0.29) is 5.91 Å². The van der Waals surface area contributed by atoms with Crippen molar-refractivity contribution in [3.8, 4) is 23.0 Å². The van der Waals surface area contributed by atoms with Gasteiger partial charge in [-0.3, -0.25) is 9.69 Å². The van der Waals surface area contributed by atoms with Crippen molar-refractivity contribution in [1.29, 1.82) is 0 Å². The smallest absolute Gasteiger partial charge is 0.227 e. The molecule has 0 aliphatic carbocycles. The van der Waals surface area contributed by atoms with Crippen molar-refractivity contribution >= 4 is 5.91 Å². The van der Waals surface area contributed by atoms with Crippen LogP contribution >= 0.6 is 0 Å². The van der Waals surface area contributed by atoms with Crippen molar-refractivity contribution in [1.82, 2.24) is 9.80 Å². The van der Waals surface area contributed by atoms with Crippen LogP contribution in [0.5, 0.6) is 23.0 Å². The van der Waals surface area contributed by atoms with E-state index in [9.17, 15) is 4.79 Å². The second kappa shape index (κ2) is 9.92. The number of hydrogen-bond donors (Lipinski definition) is 0. The standard InChI is InChI=1S/C24H30N2O5/c1-3-26-9-8-25(10-11-29-20-7-5-4-6-19(20)16-23(26)27)17-18-14-21(28-2)24-22(15-18)30-12-13-31-24/h4-7,14-15H,3,8-13,16-17H2,1-2H3. The first-order chi connectivity index (χ1) is 15.2. The molecule has 7 nitrogen and oxygen atoms in total. The monoisotopic (exact) mass is 426 g/mol. The number of rotatable bonds is 4. The minimum Gasteiger partial charge on any atom is -0.493 e. The molecule has 0 spiro atoms. The lowest BCUT2D eigenvalue weighted by Gasteiger charge is -2.27. The number of carbonyl (C=O) groups is 1. The second-order valence-corrected chi connectivity index (χ2v) is 7.70. The maximum absolute atomic E-state index is 12.9. The summed E-state index contributed by atoms with van der Waals surface area (Å²) in [6.07, 6.45) is 0.364. The molecule has 2 aliphatic heterocycles. The van der Waals surface area contributed by atoms with E-state index >= 15 is 0 Å². The number of ether oxygens (including phenoxy) is 4. The van der Waals surface area contributed by atoms with Gasteiger partial charge in [0.1, 0.15) is 25.6 Å². The number of nitrogens with zero attached hydrogens (tertiary/aromatic N) is 2. The molecule has 0 N–H and O–H groups in total. The number of amides is 1. The molecule has 0 saturated carbocycles. The molecule has 0 saturated heterocycles. The molecule has 0 unspecified atom stereocenters. The van der Waals surface area contributed by atoms with Crippen molar-refractivity contribution in [3.05, 3.63) is 47.5 Å². The summed E-state index contributed by atoms with van der Waals surface area (Å²) in [6.45, 7) is 7.21. The van der Waals surface area contributed by atoms with Crippen LogP contribution in [-0.4, -0.2) is 68.8 Å². The topological polar surface area (TPSA) is 60.5 Å². The van der Waals surface area contributed by atoms with Gasteiger partial charge in [-0.1, -0.05) is 18.2 Å². The molecule has 2 aliphatic rings. The molecule has 0 aromatic heterocycles. The molecule has 0 fully saturated rings. The summed E-state index contributed by atoms with van der Waals surface area (Å²) >= 11 is 0. The Balaban J connectivity index is 1.54. The maximum atomic E-state index is 12.9. The fraction of sp³-hybridized carbons (Fsp3) is 0.458. The molecule has 166 valence electrons. The van der Waals surface area contributed by atoms with Crippen molar-refractivity contribution in [2.45, 2.75) is 19.9 Å². The van der Waals surface area contributed by atoms with Gasteiger partial charge in [-0.15, -0.1) is 0 Å². The highest BCUT2D eigenvalue weighted by molar-refractivity contribution is 5.79. The van der Waals surface area contributed by atoms with Gasteiger partial charge in [0.2, 0.25) is 11.7 Å². The van der Waals surface area contributed by atoms with E-state index in [1.165, 1.54) is 0 Å². The van der Waals surface area contributed by atoms with Crippen LogP contribution < -0.4 is 18.9 Å². The Morgan fingerprint density at radius 3 is 2.61 bits per heavy atom. The van der Waals surface area contributed by atoms with E-state index in [1.807, 2.05) is 48.2 Å². The van der Waals surface area contributed by atoms with Crippen LogP contribution in [0.2, 0.25) is 0 Å². The van der Waals surface area contributed by atoms with E-state index < -0.39 is 0 Å². The van der Waals surface area contributed by atoms with Gasteiger partial charge in [-0.05, 0) is 30.7 Å². The molecule has 2 aromatic rings. The summed E-state index contributed by atoms with van der Waals surface area (Å²) in [5.41, 5.74) is 2.02. The molecule has 2 heterocycles. The first-order valence-electron chi connectivity index (χ1n) is 10.8. The van der Waals surface area contributed by atoms with E-state index in [1.54, 1.807) is 7.11 Å². The summed E-state index contributed by atoms with van der Waals surface area (Å²) in [6, 6.07) is 11.8. The zero-order chi connectivity index (χ0) is 21.6. The number of benzene rings is 2. The molecule has 0 bridgehead atoms. The van der Waals surface area contributed by atoms with Crippen LogP contribution in [0.15, 0.2) is 36.4 Å². The zero-order valence-electron chi connectivity index (χ0n) is 18.3. The third-order valence-corrected chi connectivity index (χ3v) is 5.69. The summed E-state index contributed by atoms with van der Waals surface area (Å²) in [7, 11) is 1.64. The third kappa shape index (κ3) is 5.05. The predicted molar refractivity (Wildman–Crippen MR) is 117 cm³/mol. The maximum Gasteiger partial charge on any atom is 0.227 e. The van der Waals surface area contributed by atoms with Crippen molar-refractivity contribution in [3.63, 3.8) is 0 Å². The van der Waals surface area contributed by atoms with Crippen LogP contribution in [-0.2, 0) is 17.8 Å². The zero-order valence-corrected chi connectivity index (χ0v) is 18.3. The quantitative estimate of drug-likeness (QED) is 0.749. The minimum atomic E-state index is 0.126. The molecule has 4 rings (SSSR count). The number of hydrogen-bond acceptors (Lipinski definition) is 6. The van der Waals surface area contributed by atoms with Crippen LogP contribution in [0, 0.1) is 0 Å². The number of likely N-dealkylation sites (N-methyl/N-ethyl adjacent to an activating group) is 1. The lowest BCUT2D eigenvalue weighted by atomic mass is 10.1. The molecular formula is C24H30N2O5. The van der Waals surface area contributed by atoms with E-state index in [2.05, 4.69) is 4.90 Å². The van der Waals surface area contributed by atoms with Crippen LogP contribution in [0.1, 0.15) is 18.1 Å². The highest BCUT2D eigenvalue weighted by Gasteiger charge is 2.21. The van der Waals surface area contributed by atoms with Crippen LogP contribution in [0.3, 0.4) is 0 Å². The summed E-state index contributed by atoms with van der Waals surface area (Å²) in [5.74, 6) is 2.98. The molecule has 7 heteroatoms. The van der Waals surface area contributed by atoms with Crippen molar-refractivity contribution in [2.75, 3.05) is 53.1 Å². The molecule has 31 heavy (non-hydrogen) atoms. The van der Waals surface area contributed by atoms with E-state index in [4.69, 9.17) is 18.9 Å². The average molecular weight is 427 g/mol. The predicted octanol–water partition coefficient (Wildman–Crippen LogP) is 2.75. The van der Waals surface area contributed by atoms with E-state index in [0.717, 1.165) is 30.0 Å². The van der Waals surface area contributed by atoms with Gasteiger partial charge in [0, 0.05) is 38.3 Å². The SMILES string of the molecule is CCN1CCN(Cc2cc(OC)c3c(c2)OCCO3)CCOc2ccccc2CC1=O. The largest absolute Gasteiger partial charge is 0.493 e. The Hall–Kier alpha value is -2.93. The third-order valence-electron chi connectivity index (χ3n) is 5.69. The molecular weight excluding hydrogens is 396 g/mol. The number of methoxy groups -OCH3 is 1. The fourth-order valence-corrected chi connectivity index (χ4v) is 4.02. The van der Waals surface area contributed by atoms with Crippen molar-refractivity contribution in [2.24, 2.45) is 0 Å². The van der Waals surface area contributed by atoms with Crippen LogP contribution in [0.25, 0.3) is 0 Å². The lowest BCUT2D eigenvalue weighted by Crippen LogP contribution is -2.39. The molecule has 2 aromatic carbocycles. The van der Waals surface area contributed by atoms with Gasteiger partial charge in [0.05, 0.1) is 13.5 Å². The number of carbonyl (C=O) groups excluding carboxylic acids is 1. The van der Waals surface area contributed by atoms with E-state index in [0.29, 0.717) is 63.1 Å². The lowest BCUT2D eigenvalue weighted by molar-refractivity contribution is -0.130. The first kappa shape index (κ1) is 21.3. The number of fused-ring (bicyclic) bond motifs is 2. The van der Waals surface area contributed by atoms with Gasteiger partial charge >= 0.3 is 0 Å².